The first-order valence-corrected chi connectivity index (χ1v) is 7.79. The summed E-state index contributed by atoms with van der Waals surface area (Å²) >= 11 is 0. The van der Waals surface area contributed by atoms with Crippen LogP contribution in [0.1, 0.15) is 34.7 Å². The molecule has 6 heteroatoms. The number of hydrogen-bond donors (Lipinski definition) is 1. The number of aromatic nitrogens is 1. The Kier molecular flexibility index (Phi) is 5.89. The zero-order chi connectivity index (χ0) is 17.5. The van der Waals surface area contributed by atoms with E-state index in [-0.39, 0.29) is 5.91 Å². The van der Waals surface area contributed by atoms with Crippen molar-refractivity contribution in [3.05, 3.63) is 53.9 Å². The second kappa shape index (κ2) is 8.10. The molecule has 1 amide bonds. The van der Waals surface area contributed by atoms with Gasteiger partial charge in [-0.15, -0.1) is 0 Å². The van der Waals surface area contributed by atoms with Crippen molar-refractivity contribution in [1.82, 2.24) is 4.98 Å². The molecule has 0 fully saturated rings. The number of carbonyl (C=O) groups excluding carboxylic acids is 2. The second-order valence-electron chi connectivity index (χ2n) is 5.10. The Labute approximate surface area is 141 Å². The number of benzene rings is 1. The van der Waals surface area contributed by atoms with Gasteiger partial charge in [0.15, 0.2) is 0 Å². The molecule has 0 aliphatic carbocycles. The lowest BCUT2D eigenvalue weighted by molar-refractivity contribution is 0.0600. The minimum absolute atomic E-state index is 0.299. The van der Waals surface area contributed by atoms with Gasteiger partial charge >= 0.3 is 5.97 Å². The fourth-order valence-corrected chi connectivity index (χ4v) is 2.30. The fraction of sp³-hybridized carbons (Fsp3) is 0.278. The molecule has 1 aromatic heterocycles. The second-order valence-corrected chi connectivity index (χ2v) is 5.10. The number of esters is 1. The average molecular weight is 327 g/mol. The lowest BCUT2D eigenvalue weighted by Crippen LogP contribution is -2.22. The number of nitrogens with one attached hydrogen (secondary N) is 1. The van der Waals surface area contributed by atoms with E-state index in [4.69, 9.17) is 0 Å². The van der Waals surface area contributed by atoms with Crippen LogP contribution in [-0.4, -0.2) is 37.1 Å². The third-order valence-electron chi connectivity index (χ3n) is 3.67. The minimum atomic E-state index is -0.415. The Hall–Kier alpha value is -2.89. The quantitative estimate of drug-likeness (QED) is 0.826. The monoisotopic (exact) mass is 327 g/mol. The van der Waals surface area contributed by atoms with Gasteiger partial charge in [0.1, 0.15) is 5.69 Å². The summed E-state index contributed by atoms with van der Waals surface area (Å²) in [5.41, 5.74) is 2.33. The number of nitrogens with zero attached hydrogens (tertiary/aromatic N) is 2. The molecule has 1 aromatic carbocycles. The van der Waals surface area contributed by atoms with Crippen molar-refractivity contribution in [2.45, 2.75) is 13.8 Å². The maximum Gasteiger partial charge on any atom is 0.337 e. The van der Waals surface area contributed by atoms with Crippen LogP contribution in [0.4, 0.5) is 11.4 Å². The molecule has 0 unspecified atom stereocenters. The summed E-state index contributed by atoms with van der Waals surface area (Å²) in [6, 6.07) is 10.1. The van der Waals surface area contributed by atoms with Crippen LogP contribution in [0.15, 0.2) is 42.6 Å². The lowest BCUT2D eigenvalue weighted by Gasteiger charge is -2.20. The number of hydrogen-bond acceptors (Lipinski definition) is 5. The van der Waals surface area contributed by atoms with Gasteiger partial charge in [0.05, 0.1) is 24.6 Å². The van der Waals surface area contributed by atoms with Gasteiger partial charge in [-0.3, -0.25) is 4.79 Å². The van der Waals surface area contributed by atoms with Crippen LogP contribution in [0.2, 0.25) is 0 Å². The molecule has 0 radical (unpaired) electrons. The van der Waals surface area contributed by atoms with Crippen molar-refractivity contribution < 1.29 is 14.3 Å². The molecule has 24 heavy (non-hydrogen) atoms. The first-order chi connectivity index (χ1) is 11.6. The van der Waals surface area contributed by atoms with E-state index in [2.05, 4.69) is 33.8 Å². The van der Waals surface area contributed by atoms with E-state index in [1.165, 1.54) is 7.11 Å². The maximum atomic E-state index is 12.2. The molecular formula is C18H21N3O3. The summed E-state index contributed by atoms with van der Waals surface area (Å²) in [4.78, 5) is 30.0. The molecule has 0 atom stereocenters. The summed E-state index contributed by atoms with van der Waals surface area (Å²) in [5, 5.41) is 2.75. The van der Waals surface area contributed by atoms with E-state index in [0.717, 1.165) is 18.8 Å². The van der Waals surface area contributed by atoms with Crippen LogP contribution in [0.25, 0.3) is 0 Å². The van der Waals surface area contributed by atoms with Crippen LogP contribution < -0.4 is 10.2 Å². The van der Waals surface area contributed by atoms with Crippen molar-refractivity contribution >= 4 is 23.3 Å². The number of rotatable bonds is 6. The zero-order valence-electron chi connectivity index (χ0n) is 14.1. The van der Waals surface area contributed by atoms with E-state index < -0.39 is 5.97 Å². The van der Waals surface area contributed by atoms with Crippen molar-refractivity contribution in [3.63, 3.8) is 0 Å². The van der Waals surface area contributed by atoms with E-state index in [1.807, 2.05) is 6.07 Å². The Morgan fingerprint density at radius 1 is 1.08 bits per heavy atom. The minimum Gasteiger partial charge on any atom is -0.465 e. The van der Waals surface area contributed by atoms with Crippen molar-refractivity contribution in [3.8, 4) is 0 Å². The summed E-state index contributed by atoms with van der Waals surface area (Å²) in [5.74, 6) is -0.714. The van der Waals surface area contributed by atoms with Crippen molar-refractivity contribution in [2.24, 2.45) is 0 Å². The Morgan fingerprint density at radius 2 is 1.75 bits per heavy atom. The summed E-state index contributed by atoms with van der Waals surface area (Å²) in [7, 11) is 1.32. The van der Waals surface area contributed by atoms with Gasteiger partial charge in [0.25, 0.3) is 5.91 Å². The highest BCUT2D eigenvalue weighted by Crippen LogP contribution is 2.15. The van der Waals surface area contributed by atoms with E-state index >= 15 is 0 Å². The van der Waals surface area contributed by atoms with E-state index in [0.29, 0.717) is 16.9 Å². The maximum absolute atomic E-state index is 12.2. The number of ether oxygens (including phenoxy) is 1. The van der Waals surface area contributed by atoms with Crippen LogP contribution >= 0.6 is 0 Å². The zero-order valence-corrected chi connectivity index (χ0v) is 14.1. The Morgan fingerprint density at radius 3 is 2.25 bits per heavy atom. The van der Waals surface area contributed by atoms with Gasteiger partial charge in [-0.25, -0.2) is 9.78 Å². The molecule has 2 rings (SSSR count). The highest BCUT2D eigenvalue weighted by molar-refractivity contribution is 6.03. The first-order valence-electron chi connectivity index (χ1n) is 7.79. The average Bonchev–Trinajstić information content (AvgIpc) is 2.63. The van der Waals surface area contributed by atoms with Crippen LogP contribution in [0.3, 0.4) is 0 Å². The van der Waals surface area contributed by atoms with Crippen LogP contribution in [0, 0.1) is 0 Å². The van der Waals surface area contributed by atoms with Gasteiger partial charge < -0.3 is 15.0 Å². The first kappa shape index (κ1) is 17.5. The fourth-order valence-electron chi connectivity index (χ4n) is 2.30. The topological polar surface area (TPSA) is 71.5 Å². The molecule has 0 bridgehead atoms. The normalized spacial score (nSPS) is 10.1. The van der Waals surface area contributed by atoms with Gasteiger partial charge in [0, 0.05) is 18.8 Å². The number of carbonyl (C=O) groups is 2. The standard InChI is InChI=1S/C18H21N3O3/c1-4-21(5-2)15-10-11-16(19-12-15)17(22)20-14-8-6-13(7-9-14)18(23)24-3/h6-12H,4-5H2,1-3H3,(H,20,22). The number of methoxy groups -OCH3 is 1. The SMILES string of the molecule is CCN(CC)c1ccc(C(=O)Nc2ccc(C(=O)OC)cc2)nc1. The predicted octanol–water partition coefficient (Wildman–Crippen LogP) is 2.97. The molecule has 0 aliphatic heterocycles. The molecule has 1 heterocycles. The summed E-state index contributed by atoms with van der Waals surface area (Å²) in [6.45, 7) is 5.91. The van der Waals surface area contributed by atoms with Gasteiger partial charge in [-0.05, 0) is 50.2 Å². The molecule has 0 spiro atoms. The third kappa shape index (κ3) is 4.10. The Bertz CT molecular complexity index is 692. The van der Waals surface area contributed by atoms with Gasteiger partial charge in [-0.2, -0.15) is 0 Å². The van der Waals surface area contributed by atoms with Crippen molar-refractivity contribution in [2.75, 3.05) is 30.4 Å². The third-order valence-corrected chi connectivity index (χ3v) is 3.67. The predicted molar refractivity (Wildman–Crippen MR) is 93.5 cm³/mol. The lowest BCUT2D eigenvalue weighted by atomic mass is 10.2. The summed E-state index contributed by atoms with van der Waals surface area (Å²) in [6.07, 6.45) is 1.70. The van der Waals surface area contributed by atoms with Gasteiger partial charge in [0.2, 0.25) is 0 Å². The molecule has 2 aromatic rings. The summed E-state index contributed by atoms with van der Waals surface area (Å²) < 4.78 is 4.64. The number of anilines is 2. The number of amides is 1. The molecule has 0 saturated carbocycles. The number of pyridine rings is 1. The smallest absolute Gasteiger partial charge is 0.337 e. The molecule has 6 nitrogen and oxygen atoms in total. The van der Waals surface area contributed by atoms with Crippen molar-refractivity contribution in [1.29, 1.82) is 0 Å². The van der Waals surface area contributed by atoms with E-state index in [1.54, 1.807) is 36.5 Å². The Balaban J connectivity index is 2.05. The molecular weight excluding hydrogens is 306 g/mol. The molecule has 126 valence electrons. The highest BCUT2D eigenvalue weighted by atomic mass is 16.5. The molecule has 0 saturated heterocycles. The van der Waals surface area contributed by atoms with Crippen LogP contribution in [-0.2, 0) is 4.74 Å². The highest BCUT2D eigenvalue weighted by Gasteiger charge is 2.10. The largest absolute Gasteiger partial charge is 0.465 e. The van der Waals surface area contributed by atoms with E-state index in [9.17, 15) is 9.59 Å². The molecule has 0 aliphatic rings. The van der Waals surface area contributed by atoms with Crippen LogP contribution in [0.5, 0.6) is 0 Å². The molecule has 1 N–H and O–H groups in total. The van der Waals surface area contributed by atoms with Gasteiger partial charge in [-0.1, -0.05) is 0 Å².